The van der Waals surface area contributed by atoms with Gasteiger partial charge in [0.15, 0.2) is 5.96 Å². The van der Waals surface area contributed by atoms with Gasteiger partial charge >= 0.3 is 0 Å². The highest BCUT2D eigenvalue weighted by molar-refractivity contribution is 9.10. The summed E-state index contributed by atoms with van der Waals surface area (Å²) in [6.45, 7) is 0.783. The third-order valence-electron chi connectivity index (χ3n) is 4.01. The Morgan fingerprint density at radius 2 is 1.94 bits per heavy atom. The van der Waals surface area contributed by atoms with E-state index in [0.717, 1.165) is 17.0 Å². The van der Waals surface area contributed by atoms with Crippen molar-refractivity contribution in [3.63, 3.8) is 0 Å². The Bertz CT molecular complexity index is 466. The normalized spacial score (nSPS) is 24.6. The van der Waals surface area contributed by atoms with Gasteiger partial charge in [0.25, 0.3) is 0 Å². The van der Waals surface area contributed by atoms with Crippen LogP contribution in [0.2, 0.25) is 0 Å². The standard InChI is InChI=1S/C14H18BrN3/c15-12-8-4-3-7-11(12)13-9-17-14(16)18(13)10-5-1-2-6-10/h3-4,7-8,10,13H,1-2,5-6,9H2,(H2,16,17). The Hall–Kier alpha value is -1.03. The van der Waals surface area contributed by atoms with E-state index in [1.807, 2.05) is 6.07 Å². The Kier molecular flexibility index (Phi) is 3.29. The molecule has 1 unspecified atom stereocenters. The molecule has 1 fully saturated rings. The van der Waals surface area contributed by atoms with Crippen molar-refractivity contribution in [1.29, 1.82) is 0 Å². The number of benzene rings is 1. The zero-order chi connectivity index (χ0) is 12.5. The van der Waals surface area contributed by atoms with Crippen molar-refractivity contribution in [2.24, 2.45) is 10.7 Å². The van der Waals surface area contributed by atoms with Crippen LogP contribution < -0.4 is 5.73 Å². The van der Waals surface area contributed by atoms with E-state index in [1.165, 1.54) is 31.2 Å². The molecular formula is C14H18BrN3. The summed E-state index contributed by atoms with van der Waals surface area (Å²) in [5.74, 6) is 0.725. The minimum Gasteiger partial charge on any atom is -0.370 e. The summed E-state index contributed by atoms with van der Waals surface area (Å²) in [4.78, 5) is 6.80. The van der Waals surface area contributed by atoms with Crippen LogP contribution in [0.1, 0.15) is 37.3 Å². The van der Waals surface area contributed by atoms with E-state index in [0.29, 0.717) is 12.1 Å². The molecule has 1 saturated carbocycles. The lowest BCUT2D eigenvalue weighted by molar-refractivity contribution is 0.261. The van der Waals surface area contributed by atoms with Crippen molar-refractivity contribution in [1.82, 2.24) is 4.90 Å². The van der Waals surface area contributed by atoms with Crippen molar-refractivity contribution < 1.29 is 0 Å². The van der Waals surface area contributed by atoms with Gasteiger partial charge in [-0.05, 0) is 24.5 Å². The molecule has 0 saturated heterocycles. The minimum atomic E-state index is 0.309. The van der Waals surface area contributed by atoms with Gasteiger partial charge in [-0.1, -0.05) is 47.0 Å². The Labute approximate surface area is 116 Å². The maximum atomic E-state index is 6.10. The number of halogens is 1. The molecule has 0 aromatic heterocycles. The molecule has 3 nitrogen and oxygen atoms in total. The van der Waals surface area contributed by atoms with Crippen LogP contribution in [-0.4, -0.2) is 23.4 Å². The number of hydrogen-bond acceptors (Lipinski definition) is 3. The van der Waals surface area contributed by atoms with Gasteiger partial charge in [0, 0.05) is 10.5 Å². The lowest BCUT2D eigenvalue weighted by atomic mass is 10.0. The fourth-order valence-corrected chi connectivity index (χ4v) is 3.68. The number of aliphatic imine (C=N–C) groups is 1. The fraction of sp³-hybridized carbons (Fsp3) is 0.500. The molecular weight excluding hydrogens is 290 g/mol. The molecule has 1 aliphatic heterocycles. The minimum absolute atomic E-state index is 0.309. The van der Waals surface area contributed by atoms with Gasteiger partial charge in [-0.15, -0.1) is 0 Å². The first-order valence-electron chi connectivity index (χ1n) is 6.60. The van der Waals surface area contributed by atoms with Crippen molar-refractivity contribution in [2.75, 3.05) is 6.54 Å². The van der Waals surface area contributed by atoms with Crippen LogP contribution >= 0.6 is 15.9 Å². The van der Waals surface area contributed by atoms with Gasteiger partial charge in [0.1, 0.15) is 0 Å². The Morgan fingerprint density at radius 3 is 2.67 bits per heavy atom. The molecule has 3 rings (SSSR count). The van der Waals surface area contributed by atoms with E-state index in [-0.39, 0.29) is 0 Å². The highest BCUT2D eigenvalue weighted by Crippen LogP contribution is 2.36. The molecule has 1 atom stereocenters. The summed E-state index contributed by atoms with van der Waals surface area (Å²) in [5.41, 5.74) is 7.40. The lowest BCUT2D eigenvalue weighted by Crippen LogP contribution is -2.42. The highest BCUT2D eigenvalue weighted by Gasteiger charge is 2.35. The first kappa shape index (κ1) is 12.0. The zero-order valence-corrected chi connectivity index (χ0v) is 11.9. The molecule has 2 aliphatic rings. The van der Waals surface area contributed by atoms with E-state index in [2.05, 4.69) is 44.0 Å². The third kappa shape index (κ3) is 2.03. The number of guanidine groups is 1. The molecule has 2 N–H and O–H groups in total. The molecule has 18 heavy (non-hydrogen) atoms. The number of rotatable bonds is 2. The highest BCUT2D eigenvalue weighted by atomic mass is 79.9. The molecule has 0 radical (unpaired) electrons. The van der Waals surface area contributed by atoms with Crippen LogP contribution in [0.5, 0.6) is 0 Å². The zero-order valence-electron chi connectivity index (χ0n) is 10.3. The molecule has 1 aromatic rings. The monoisotopic (exact) mass is 307 g/mol. The molecule has 0 bridgehead atoms. The molecule has 1 aromatic carbocycles. The lowest BCUT2D eigenvalue weighted by Gasteiger charge is -2.32. The maximum Gasteiger partial charge on any atom is 0.192 e. The summed E-state index contributed by atoms with van der Waals surface area (Å²) >= 11 is 3.64. The average Bonchev–Trinajstić information content (AvgIpc) is 2.98. The van der Waals surface area contributed by atoms with Crippen LogP contribution in [0.3, 0.4) is 0 Å². The molecule has 0 spiro atoms. The first-order valence-corrected chi connectivity index (χ1v) is 7.39. The second-order valence-electron chi connectivity index (χ2n) is 5.08. The van der Waals surface area contributed by atoms with Crippen molar-refractivity contribution in [3.8, 4) is 0 Å². The topological polar surface area (TPSA) is 41.6 Å². The second-order valence-corrected chi connectivity index (χ2v) is 5.94. The summed E-state index contributed by atoms with van der Waals surface area (Å²) < 4.78 is 1.16. The predicted octanol–water partition coefficient (Wildman–Crippen LogP) is 3.06. The van der Waals surface area contributed by atoms with Gasteiger partial charge in [0.2, 0.25) is 0 Å². The van der Waals surface area contributed by atoms with Crippen LogP contribution in [-0.2, 0) is 0 Å². The summed E-state index contributed by atoms with van der Waals surface area (Å²) in [6.07, 6.45) is 5.13. The molecule has 4 heteroatoms. The van der Waals surface area contributed by atoms with Gasteiger partial charge in [-0.3, -0.25) is 4.99 Å². The summed E-state index contributed by atoms with van der Waals surface area (Å²) in [5, 5.41) is 0. The molecule has 1 aliphatic carbocycles. The second kappa shape index (κ2) is 4.92. The van der Waals surface area contributed by atoms with Gasteiger partial charge < -0.3 is 10.6 Å². The Balaban J connectivity index is 1.90. The molecule has 1 heterocycles. The van der Waals surface area contributed by atoms with Crippen molar-refractivity contribution >= 4 is 21.9 Å². The van der Waals surface area contributed by atoms with E-state index in [1.54, 1.807) is 0 Å². The van der Waals surface area contributed by atoms with E-state index in [4.69, 9.17) is 5.73 Å². The van der Waals surface area contributed by atoms with Crippen LogP contribution in [0.4, 0.5) is 0 Å². The van der Waals surface area contributed by atoms with Gasteiger partial charge in [0.05, 0.1) is 12.6 Å². The van der Waals surface area contributed by atoms with Crippen LogP contribution in [0.25, 0.3) is 0 Å². The van der Waals surface area contributed by atoms with Gasteiger partial charge in [-0.25, -0.2) is 0 Å². The molecule has 96 valence electrons. The molecule has 0 amide bonds. The van der Waals surface area contributed by atoms with Crippen molar-refractivity contribution in [2.45, 2.75) is 37.8 Å². The summed E-state index contributed by atoms with van der Waals surface area (Å²) in [7, 11) is 0. The summed E-state index contributed by atoms with van der Waals surface area (Å²) in [6, 6.07) is 9.28. The fourth-order valence-electron chi connectivity index (χ4n) is 3.13. The number of nitrogens with two attached hydrogens (primary N) is 1. The SMILES string of the molecule is NC1=NCC(c2ccccc2Br)N1C1CCCC1. The van der Waals surface area contributed by atoms with Crippen molar-refractivity contribution in [3.05, 3.63) is 34.3 Å². The maximum absolute atomic E-state index is 6.10. The van der Waals surface area contributed by atoms with E-state index >= 15 is 0 Å². The van der Waals surface area contributed by atoms with Crippen LogP contribution in [0, 0.1) is 0 Å². The van der Waals surface area contributed by atoms with Crippen LogP contribution in [0.15, 0.2) is 33.7 Å². The Morgan fingerprint density at radius 1 is 1.22 bits per heavy atom. The van der Waals surface area contributed by atoms with E-state index in [9.17, 15) is 0 Å². The van der Waals surface area contributed by atoms with E-state index < -0.39 is 0 Å². The largest absolute Gasteiger partial charge is 0.370 e. The number of hydrogen-bond donors (Lipinski definition) is 1. The predicted molar refractivity (Wildman–Crippen MR) is 77.5 cm³/mol. The van der Waals surface area contributed by atoms with Gasteiger partial charge in [-0.2, -0.15) is 0 Å². The smallest absolute Gasteiger partial charge is 0.192 e. The number of nitrogens with zero attached hydrogens (tertiary/aromatic N) is 2. The third-order valence-corrected chi connectivity index (χ3v) is 4.73. The first-order chi connectivity index (χ1) is 8.77. The average molecular weight is 308 g/mol. The quantitative estimate of drug-likeness (QED) is 0.912.